The van der Waals surface area contributed by atoms with Gasteiger partial charge in [-0.2, -0.15) is 13.2 Å². The van der Waals surface area contributed by atoms with Crippen LogP contribution in [-0.4, -0.2) is 20.1 Å². The van der Waals surface area contributed by atoms with Gasteiger partial charge in [0.25, 0.3) is 0 Å². The monoisotopic (exact) mass is 364 g/mol. The maximum Gasteiger partial charge on any atom is 0.433 e. The van der Waals surface area contributed by atoms with Crippen LogP contribution in [0.15, 0.2) is 24.5 Å². The molecule has 2 heterocycles. The number of aromatic hydroxyl groups is 1. The van der Waals surface area contributed by atoms with E-state index in [0.29, 0.717) is 16.7 Å². The van der Waals surface area contributed by atoms with Gasteiger partial charge in [0.15, 0.2) is 0 Å². The Hall–Kier alpha value is -2.90. The number of nitrogens with two attached hydrogens (primary N) is 1. The Morgan fingerprint density at radius 1 is 1.08 bits per heavy atom. The van der Waals surface area contributed by atoms with Crippen molar-refractivity contribution in [2.75, 3.05) is 5.73 Å². The molecule has 0 fully saturated rings. The highest BCUT2D eigenvalue weighted by molar-refractivity contribution is 5.98. The third kappa shape index (κ3) is 3.40. The molecule has 8 heteroatoms. The fourth-order valence-corrected chi connectivity index (χ4v) is 2.60. The topological polar surface area (TPSA) is 84.9 Å². The number of alkyl halides is 3. The summed E-state index contributed by atoms with van der Waals surface area (Å²) in [6, 6.07) is 3.92. The lowest BCUT2D eigenvalue weighted by Gasteiger charge is -2.15. The molecule has 0 aliphatic rings. The van der Waals surface area contributed by atoms with Gasteiger partial charge in [-0.3, -0.25) is 0 Å². The van der Waals surface area contributed by atoms with Crippen molar-refractivity contribution in [1.82, 2.24) is 15.0 Å². The summed E-state index contributed by atoms with van der Waals surface area (Å²) in [6.45, 7) is 7.33. The average molecular weight is 364 g/mol. The molecule has 0 spiro atoms. The van der Waals surface area contributed by atoms with E-state index in [1.165, 1.54) is 12.4 Å². The number of hydrogen-bond donors (Lipinski definition) is 2. The van der Waals surface area contributed by atoms with E-state index in [1.54, 1.807) is 19.9 Å². The largest absolute Gasteiger partial charge is 0.508 e. The zero-order valence-electron chi connectivity index (χ0n) is 14.8. The van der Waals surface area contributed by atoms with Crippen LogP contribution in [0.25, 0.3) is 22.2 Å². The Kier molecular flexibility index (Phi) is 5.34. The van der Waals surface area contributed by atoms with E-state index >= 15 is 0 Å². The number of pyridine rings is 1. The lowest BCUT2D eigenvalue weighted by atomic mass is 9.97. The molecule has 3 aromatic rings. The van der Waals surface area contributed by atoms with E-state index in [0.717, 1.165) is 6.07 Å². The summed E-state index contributed by atoms with van der Waals surface area (Å²) in [5.74, 6) is -0.102. The minimum atomic E-state index is -4.65. The highest BCUT2D eigenvalue weighted by atomic mass is 19.4. The number of phenolic OH excluding ortho intramolecular Hbond substituents is 1. The Bertz CT molecular complexity index is 955. The molecule has 0 aliphatic carbocycles. The second kappa shape index (κ2) is 7.15. The van der Waals surface area contributed by atoms with E-state index in [2.05, 4.69) is 15.0 Å². The zero-order chi connectivity index (χ0) is 19.6. The normalized spacial score (nSPS) is 11.2. The summed E-state index contributed by atoms with van der Waals surface area (Å²) in [4.78, 5) is 11.6. The smallest absolute Gasteiger partial charge is 0.433 e. The number of anilines is 1. The molecule has 138 valence electrons. The molecule has 0 saturated carbocycles. The van der Waals surface area contributed by atoms with Gasteiger partial charge in [-0.05, 0) is 31.5 Å². The fraction of sp³-hybridized carbons (Fsp3) is 0.278. The van der Waals surface area contributed by atoms with Crippen LogP contribution in [0.2, 0.25) is 0 Å². The quantitative estimate of drug-likeness (QED) is 0.657. The van der Waals surface area contributed by atoms with Gasteiger partial charge >= 0.3 is 6.18 Å². The van der Waals surface area contributed by atoms with Crippen molar-refractivity contribution in [1.29, 1.82) is 0 Å². The van der Waals surface area contributed by atoms with Crippen molar-refractivity contribution in [2.24, 2.45) is 0 Å². The summed E-state index contributed by atoms with van der Waals surface area (Å²) in [5, 5.41) is 10.0. The van der Waals surface area contributed by atoms with Crippen LogP contribution in [0.4, 0.5) is 19.0 Å². The van der Waals surface area contributed by atoms with Gasteiger partial charge in [-0.25, -0.2) is 15.0 Å². The van der Waals surface area contributed by atoms with E-state index < -0.39 is 11.9 Å². The van der Waals surface area contributed by atoms with Crippen LogP contribution in [0, 0.1) is 13.8 Å². The molecule has 1 aromatic carbocycles. The molecule has 0 atom stereocenters. The fourth-order valence-electron chi connectivity index (χ4n) is 2.60. The van der Waals surface area contributed by atoms with E-state index in [9.17, 15) is 18.3 Å². The Balaban J connectivity index is 0.00000117. The molecular weight excluding hydrogens is 345 g/mol. The van der Waals surface area contributed by atoms with Crippen molar-refractivity contribution in [3.8, 4) is 17.0 Å². The number of nitrogens with zero attached hydrogens (tertiary/aromatic N) is 3. The van der Waals surface area contributed by atoms with Crippen molar-refractivity contribution in [3.05, 3.63) is 41.3 Å². The second-order valence-corrected chi connectivity index (χ2v) is 5.41. The van der Waals surface area contributed by atoms with Gasteiger partial charge in [0.2, 0.25) is 0 Å². The predicted octanol–water partition coefficient (Wildman–Crippen LogP) is 4.64. The third-order valence-electron chi connectivity index (χ3n) is 3.82. The molecule has 3 N–H and O–H groups in total. The number of halogens is 3. The molecule has 0 radical (unpaired) electrons. The Morgan fingerprint density at radius 3 is 2.35 bits per heavy atom. The molecule has 0 saturated heterocycles. The SMILES string of the molecule is CC.Cc1ccc(O)c(C)c1-c1nc(C(F)(F)F)cc2c(N)ncnc12. The number of hydrogen-bond acceptors (Lipinski definition) is 5. The second-order valence-electron chi connectivity index (χ2n) is 5.41. The van der Waals surface area contributed by atoms with E-state index in [1.807, 2.05) is 13.8 Å². The molecule has 0 aliphatic heterocycles. The van der Waals surface area contributed by atoms with Crippen LogP contribution >= 0.6 is 0 Å². The molecule has 3 rings (SSSR count). The van der Waals surface area contributed by atoms with Crippen molar-refractivity contribution < 1.29 is 18.3 Å². The predicted molar refractivity (Wildman–Crippen MR) is 94.7 cm³/mol. The third-order valence-corrected chi connectivity index (χ3v) is 3.82. The average Bonchev–Trinajstić information content (AvgIpc) is 2.60. The summed E-state index contributed by atoms with van der Waals surface area (Å²) < 4.78 is 39.7. The zero-order valence-corrected chi connectivity index (χ0v) is 14.8. The standard InChI is InChI=1S/C16H13F3N4O.C2H6/c1-7-3-4-10(24)8(2)12(7)14-13-9(15(20)22-6-21-13)5-11(23-14)16(17,18)19;1-2/h3-6,24H,1-2H3,(H2,20,21,22);1-2H3. The van der Waals surface area contributed by atoms with Crippen LogP contribution in [0.3, 0.4) is 0 Å². The lowest BCUT2D eigenvalue weighted by molar-refractivity contribution is -0.141. The summed E-state index contributed by atoms with van der Waals surface area (Å²) in [6.07, 6.45) is -3.48. The first-order valence-corrected chi connectivity index (χ1v) is 7.98. The van der Waals surface area contributed by atoms with Crippen LogP contribution in [0.5, 0.6) is 5.75 Å². The summed E-state index contributed by atoms with van der Waals surface area (Å²) >= 11 is 0. The minimum Gasteiger partial charge on any atom is -0.508 e. The van der Waals surface area contributed by atoms with Gasteiger partial charge in [0.05, 0.1) is 5.69 Å². The first kappa shape index (κ1) is 19.4. The number of rotatable bonds is 1. The molecule has 0 bridgehead atoms. The molecule has 0 amide bonds. The number of phenols is 1. The first-order chi connectivity index (χ1) is 12.2. The van der Waals surface area contributed by atoms with E-state index in [4.69, 9.17) is 5.73 Å². The minimum absolute atomic E-state index is 0.0137. The number of fused-ring (bicyclic) bond motifs is 1. The number of nitrogen functional groups attached to an aromatic ring is 1. The van der Waals surface area contributed by atoms with Crippen molar-refractivity contribution in [2.45, 2.75) is 33.9 Å². The maximum atomic E-state index is 13.2. The lowest BCUT2D eigenvalue weighted by Crippen LogP contribution is -2.10. The molecule has 26 heavy (non-hydrogen) atoms. The number of benzene rings is 1. The van der Waals surface area contributed by atoms with Crippen molar-refractivity contribution in [3.63, 3.8) is 0 Å². The van der Waals surface area contributed by atoms with Gasteiger partial charge in [-0.1, -0.05) is 19.9 Å². The molecule has 2 aromatic heterocycles. The highest BCUT2D eigenvalue weighted by Gasteiger charge is 2.34. The number of aryl methyl sites for hydroxylation is 1. The first-order valence-electron chi connectivity index (χ1n) is 7.98. The highest BCUT2D eigenvalue weighted by Crippen LogP contribution is 2.38. The summed E-state index contributed by atoms with van der Waals surface area (Å²) in [7, 11) is 0. The maximum absolute atomic E-state index is 13.2. The molecular formula is C18H19F3N4O. The molecule has 0 unspecified atom stereocenters. The van der Waals surface area contributed by atoms with E-state index in [-0.39, 0.29) is 28.2 Å². The van der Waals surface area contributed by atoms with Gasteiger partial charge in [0.1, 0.15) is 29.1 Å². The van der Waals surface area contributed by atoms with Crippen LogP contribution < -0.4 is 5.73 Å². The Labute approximate surface area is 148 Å². The Morgan fingerprint density at radius 2 is 1.73 bits per heavy atom. The van der Waals surface area contributed by atoms with Gasteiger partial charge in [-0.15, -0.1) is 0 Å². The van der Waals surface area contributed by atoms with Crippen LogP contribution in [0.1, 0.15) is 30.7 Å². The molecule has 5 nitrogen and oxygen atoms in total. The number of aromatic nitrogens is 3. The van der Waals surface area contributed by atoms with Crippen LogP contribution in [-0.2, 0) is 6.18 Å². The van der Waals surface area contributed by atoms with Crippen molar-refractivity contribution >= 4 is 16.7 Å². The van der Waals surface area contributed by atoms with Gasteiger partial charge in [0, 0.05) is 16.5 Å². The van der Waals surface area contributed by atoms with Gasteiger partial charge < -0.3 is 10.8 Å². The summed E-state index contributed by atoms with van der Waals surface area (Å²) in [5.41, 5.74) is 6.32.